The summed E-state index contributed by atoms with van der Waals surface area (Å²) in [5.41, 5.74) is -0.726. The summed E-state index contributed by atoms with van der Waals surface area (Å²) in [4.78, 5) is 0. The molecule has 1 saturated carbocycles. The van der Waals surface area contributed by atoms with E-state index in [0.29, 0.717) is 30.7 Å². The molecule has 1 aliphatic rings. The molecular formula is C15H21F2NO. The third kappa shape index (κ3) is 2.34. The van der Waals surface area contributed by atoms with Crippen molar-refractivity contribution in [2.75, 3.05) is 13.7 Å². The molecule has 0 aromatic heterocycles. The smallest absolute Gasteiger partial charge is 0.270 e. The molecule has 0 heterocycles. The molecule has 2 nitrogen and oxygen atoms in total. The van der Waals surface area contributed by atoms with Gasteiger partial charge < -0.3 is 10.1 Å². The van der Waals surface area contributed by atoms with Crippen LogP contribution in [0.5, 0.6) is 5.75 Å². The van der Waals surface area contributed by atoms with E-state index in [9.17, 15) is 8.78 Å². The fourth-order valence-electron chi connectivity index (χ4n) is 3.08. The predicted octanol–water partition coefficient (Wildman–Crippen LogP) is 3.71. The second-order valence-electron chi connectivity index (χ2n) is 5.05. The van der Waals surface area contributed by atoms with Gasteiger partial charge in [-0.05, 0) is 25.5 Å². The van der Waals surface area contributed by atoms with Gasteiger partial charge in [0.1, 0.15) is 11.3 Å². The van der Waals surface area contributed by atoms with Gasteiger partial charge in [-0.2, -0.15) is 0 Å². The third-order valence-electron chi connectivity index (χ3n) is 3.96. The Kier molecular flexibility index (Phi) is 4.09. The fraction of sp³-hybridized carbons (Fsp3) is 0.600. The molecule has 1 atom stereocenters. The van der Waals surface area contributed by atoms with Crippen LogP contribution in [-0.4, -0.2) is 19.6 Å². The zero-order valence-electron chi connectivity index (χ0n) is 11.5. The van der Waals surface area contributed by atoms with Crippen molar-refractivity contribution in [2.45, 2.75) is 44.1 Å². The van der Waals surface area contributed by atoms with Gasteiger partial charge in [-0.15, -0.1) is 0 Å². The minimum Gasteiger partial charge on any atom is -0.496 e. The summed E-state index contributed by atoms with van der Waals surface area (Å²) < 4.78 is 34.5. The van der Waals surface area contributed by atoms with Gasteiger partial charge in [-0.1, -0.05) is 31.5 Å². The Morgan fingerprint density at radius 1 is 1.21 bits per heavy atom. The van der Waals surface area contributed by atoms with Crippen LogP contribution in [0.1, 0.15) is 38.2 Å². The normalized spacial score (nSPS) is 26.1. The SMILES string of the molecule is CCN[C@@]1(c2ccccc2OC)CCCCC1(F)F. The third-order valence-corrected chi connectivity index (χ3v) is 3.96. The molecule has 1 fully saturated rings. The van der Waals surface area contributed by atoms with Crippen molar-refractivity contribution < 1.29 is 13.5 Å². The lowest BCUT2D eigenvalue weighted by molar-refractivity contribution is -0.122. The molecule has 1 aromatic carbocycles. The van der Waals surface area contributed by atoms with Gasteiger partial charge in [0.2, 0.25) is 0 Å². The summed E-state index contributed by atoms with van der Waals surface area (Å²) >= 11 is 0. The molecular weight excluding hydrogens is 248 g/mol. The number of hydrogen-bond acceptors (Lipinski definition) is 2. The van der Waals surface area contributed by atoms with E-state index in [1.807, 2.05) is 13.0 Å². The minimum absolute atomic E-state index is 0.0714. The van der Waals surface area contributed by atoms with Crippen molar-refractivity contribution in [1.82, 2.24) is 5.32 Å². The van der Waals surface area contributed by atoms with Crippen LogP contribution in [0.2, 0.25) is 0 Å². The number of ether oxygens (including phenoxy) is 1. The first-order chi connectivity index (χ1) is 9.07. The van der Waals surface area contributed by atoms with Gasteiger partial charge in [0.25, 0.3) is 5.92 Å². The largest absolute Gasteiger partial charge is 0.496 e. The molecule has 0 saturated heterocycles. The molecule has 0 bridgehead atoms. The number of para-hydroxylation sites is 1. The molecule has 19 heavy (non-hydrogen) atoms. The van der Waals surface area contributed by atoms with Crippen molar-refractivity contribution in [3.63, 3.8) is 0 Å². The molecule has 0 radical (unpaired) electrons. The van der Waals surface area contributed by atoms with Crippen molar-refractivity contribution in [2.24, 2.45) is 0 Å². The van der Waals surface area contributed by atoms with Crippen molar-refractivity contribution in [3.05, 3.63) is 29.8 Å². The molecule has 0 unspecified atom stereocenters. The summed E-state index contributed by atoms with van der Waals surface area (Å²) in [5.74, 6) is -2.22. The Labute approximate surface area is 113 Å². The highest BCUT2D eigenvalue weighted by atomic mass is 19.3. The highest BCUT2D eigenvalue weighted by Crippen LogP contribution is 2.50. The standard InChI is InChI=1S/C15H21F2NO/c1-3-18-14(10-6-7-11-15(14,16)17)12-8-4-5-9-13(12)19-2/h4-5,8-9,18H,3,6-7,10-11H2,1-2H3/t14-/m1/s1. The fourth-order valence-corrected chi connectivity index (χ4v) is 3.08. The first kappa shape index (κ1) is 14.3. The van der Waals surface area contributed by atoms with Crippen LogP contribution in [0.15, 0.2) is 24.3 Å². The lowest BCUT2D eigenvalue weighted by atomic mass is 9.73. The Balaban J connectivity index is 2.54. The Morgan fingerprint density at radius 2 is 1.89 bits per heavy atom. The topological polar surface area (TPSA) is 21.3 Å². The molecule has 0 spiro atoms. The quantitative estimate of drug-likeness (QED) is 0.899. The molecule has 1 aliphatic carbocycles. The molecule has 106 valence electrons. The molecule has 4 heteroatoms. The maximum atomic E-state index is 14.6. The van der Waals surface area contributed by atoms with E-state index < -0.39 is 11.5 Å². The lowest BCUT2D eigenvalue weighted by Gasteiger charge is -2.45. The Morgan fingerprint density at radius 3 is 2.53 bits per heavy atom. The minimum atomic E-state index is -2.75. The zero-order valence-corrected chi connectivity index (χ0v) is 11.5. The van der Waals surface area contributed by atoms with Crippen molar-refractivity contribution >= 4 is 0 Å². The number of rotatable bonds is 4. The predicted molar refractivity (Wildman–Crippen MR) is 71.8 cm³/mol. The highest BCUT2D eigenvalue weighted by molar-refractivity contribution is 5.41. The van der Waals surface area contributed by atoms with Crippen LogP contribution in [-0.2, 0) is 5.54 Å². The average molecular weight is 269 g/mol. The van der Waals surface area contributed by atoms with Gasteiger partial charge in [0, 0.05) is 12.0 Å². The number of halogens is 2. The van der Waals surface area contributed by atoms with Crippen LogP contribution < -0.4 is 10.1 Å². The summed E-state index contributed by atoms with van der Waals surface area (Å²) in [6.45, 7) is 2.37. The molecule has 0 amide bonds. The molecule has 1 N–H and O–H groups in total. The van der Waals surface area contributed by atoms with E-state index in [2.05, 4.69) is 5.32 Å². The van der Waals surface area contributed by atoms with Crippen LogP contribution >= 0.6 is 0 Å². The van der Waals surface area contributed by atoms with E-state index >= 15 is 0 Å². The summed E-state index contributed by atoms with van der Waals surface area (Å²) in [5, 5.41) is 3.05. The molecule has 1 aromatic rings. The van der Waals surface area contributed by atoms with Crippen LogP contribution in [0.25, 0.3) is 0 Å². The van der Waals surface area contributed by atoms with E-state index in [4.69, 9.17) is 4.74 Å². The number of hydrogen-bond donors (Lipinski definition) is 1. The summed E-state index contributed by atoms with van der Waals surface area (Å²) in [6.07, 6.45) is 1.75. The van der Waals surface area contributed by atoms with E-state index in [1.54, 1.807) is 18.2 Å². The summed E-state index contributed by atoms with van der Waals surface area (Å²) in [7, 11) is 1.53. The van der Waals surface area contributed by atoms with E-state index in [0.717, 1.165) is 6.42 Å². The monoisotopic (exact) mass is 269 g/mol. The average Bonchev–Trinajstić information content (AvgIpc) is 2.41. The highest BCUT2D eigenvalue weighted by Gasteiger charge is 2.56. The molecule has 0 aliphatic heterocycles. The van der Waals surface area contributed by atoms with Crippen molar-refractivity contribution in [1.29, 1.82) is 0 Å². The first-order valence-electron chi connectivity index (χ1n) is 6.84. The maximum absolute atomic E-state index is 14.6. The maximum Gasteiger partial charge on any atom is 0.270 e. The second kappa shape index (κ2) is 5.45. The van der Waals surface area contributed by atoms with Gasteiger partial charge >= 0.3 is 0 Å². The first-order valence-corrected chi connectivity index (χ1v) is 6.84. The van der Waals surface area contributed by atoms with E-state index in [1.165, 1.54) is 7.11 Å². The van der Waals surface area contributed by atoms with Crippen LogP contribution in [0.4, 0.5) is 8.78 Å². The number of nitrogens with one attached hydrogen (secondary N) is 1. The number of alkyl halides is 2. The zero-order chi connectivity index (χ0) is 13.9. The van der Waals surface area contributed by atoms with E-state index in [-0.39, 0.29) is 6.42 Å². The molecule has 2 rings (SSSR count). The number of methoxy groups -OCH3 is 1. The van der Waals surface area contributed by atoms with Crippen LogP contribution in [0.3, 0.4) is 0 Å². The van der Waals surface area contributed by atoms with Gasteiger partial charge in [0.15, 0.2) is 0 Å². The second-order valence-corrected chi connectivity index (χ2v) is 5.05. The van der Waals surface area contributed by atoms with Crippen molar-refractivity contribution in [3.8, 4) is 5.75 Å². The number of benzene rings is 1. The van der Waals surface area contributed by atoms with Gasteiger partial charge in [0.05, 0.1) is 7.11 Å². The van der Waals surface area contributed by atoms with Crippen LogP contribution in [0, 0.1) is 0 Å². The van der Waals surface area contributed by atoms with Gasteiger partial charge in [-0.3, -0.25) is 0 Å². The van der Waals surface area contributed by atoms with Gasteiger partial charge in [-0.25, -0.2) is 8.78 Å². The Hall–Kier alpha value is -1.16. The summed E-state index contributed by atoms with van der Waals surface area (Å²) in [6, 6.07) is 7.10. The Bertz CT molecular complexity index is 432. The lowest BCUT2D eigenvalue weighted by Crippen LogP contribution is -2.57.